The number of nitrogens with zero attached hydrogens (tertiary/aromatic N) is 2. The first kappa shape index (κ1) is 14.0. The van der Waals surface area contributed by atoms with Gasteiger partial charge in [-0.15, -0.1) is 0 Å². The Morgan fingerprint density at radius 3 is 2.41 bits per heavy atom. The molecule has 0 bridgehead atoms. The van der Waals surface area contributed by atoms with Crippen LogP contribution in [0.5, 0.6) is 0 Å². The predicted octanol–water partition coefficient (Wildman–Crippen LogP) is 2.71. The van der Waals surface area contributed by atoms with Gasteiger partial charge in [0.15, 0.2) is 6.10 Å². The van der Waals surface area contributed by atoms with Crippen molar-refractivity contribution in [3.05, 3.63) is 18.0 Å². The summed E-state index contributed by atoms with van der Waals surface area (Å²) in [5.74, 6) is 0. The van der Waals surface area contributed by atoms with Crippen LogP contribution in [0.15, 0.2) is 12.3 Å². The lowest BCUT2D eigenvalue weighted by molar-refractivity contribution is -0.203. The molecule has 0 saturated carbocycles. The number of hydrogen-bond donors (Lipinski definition) is 1. The summed E-state index contributed by atoms with van der Waals surface area (Å²) in [6.07, 6.45) is -4.00. The summed E-state index contributed by atoms with van der Waals surface area (Å²) in [5, 5.41) is 13.0. The van der Waals surface area contributed by atoms with Gasteiger partial charge in [0.1, 0.15) is 0 Å². The fourth-order valence-electron chi connectivity index (χ4n) is 1.67. The Morgan fingerprint density at radius 1 is 1.35 bits per heavy atom. The van der Waals surface area contributed by atoms with Crippen LogP contribution < -0.4 is 0 Å². The van der Waals surface area contributed by atoms with Gasteiger partial charge in [-0.3, -0.25) is 4.68 Å². The number of alkyl halides is 3. The molecule has 1 rings (SSSR count). The lowest BCUT2D eigenvalue weighted by Crippen LogP contribution is -2.30. The zero-order valence-electron chi connectivity index (χ0n) is 9.91. The van der Waals surface area contributed by atoms with Crippen LogP contribution in [-0.4, -0.2) is 27.2 Å². The number of rotatable bonds is 5. The Labute approximate surface area is 98.2 Å². The van der Waals surface area contributed by atoms with Gasteiger partial charge in [-0.25, -0.2) is 0 Å². The molecule has 6 heteroatoms. The van der Waals surface area contributed by atoms with Gasteiger partial charge in [-0.05, 0) is 18.9 Å². The van der Waals surface area contributed by atoms with E-state index in [1.54, 1.807) is 10.9 Å². The first-order valence-electron chi connectivity index (χ1n) is 5.67. The molecule has 17 heavy (non-hydrogen) atoms. The van der Waals surface area contributed by atoms with Crippen molar-refractivity contribution in [1.29, 1.82) is 0 Å². The second kappa shape index (κ2) is 5.53. The van der Waals surface area contributed by atoms with Crippen molar-refractivity contribution < 1.29 is 18.3 Å². The van der Waals surface area contributed by atoms with Crippen molar-refractivity contribution in [2.75, 3.05) is 0 Å². The highest BCUT2D eigenvalue weighted by molar-refractivity contribution is 5.02. The van der Waals surface area contributed by atoms with Crippen molar-refractivity contribution in [1.82, 2.24) is 9.78 Å². The van der Waals surface area contributed by atoms with E-state index in [-0.39, 0.29) is 11.7 Å². The van der Waals surface area contributed by atoms with Gasteiger partial charge in [-0.2, -0.15) is 18.3 Å². The quantitative estimate of drug-likeness (QED) is 0.872. The number of halogens is 3. The van der Waals surface area contributed by atoms with E-state index in [9.17, 15) is 13.2 Å². The summed E-state index contributed by atoms with van der Waals surface area (Å²) in [6.45, 7) is 4.00. The van der Waals surface area contributed by atoms with E-state index in [1.165, 1.54) is 6.07 Å². The van der Waals surface area contributed by atoms with Gasteiger partial charge in [0.2, 0.25) is 0 Å². The van der Waals surface area contributed by atoms with Gasteiger partial charge < -0.3 is 5.11 Å². The summed E-state index contributed by atoms with van der Waals surface area (Å²) >= 11 is 0. The summed E-state index contributed by atoms with van der Waals surface area (Å²) < 4.78 is 38.1. The van der Waals surface area contributed by atoms with Crippen LogP contribution in [0.4, 0.5) is 13.2 Å². The molecule has 1 heterocycles. The average molecular weight is 250 g/mol. The minimum atomic E-state index is -4.58. The summed E-state index contributed by atoms with van der Waals surface area (Å²) in [5.41, 5.74) is 0.265. The lowest BCUT2D eigenvalue weighted by Gasteiger charge is -2.14. The fourth-order valence-corrected chi connectivity index (χ4v) is 1.67. The van der Waals surface area contributed by atoms with E-state index < -0.39 is 18.7 Å². The molecule has 0 aliphatic heterocycles. The standard InChI is InChI=1S/C11H17F3N2O/c1-3-9(4-2)16-6-5-8(15-16)7-10(17)11(12,13)14/h5-6,9-10,17H,3-4,7H2,1-2H3/t10-/m1/s1. The molecule has 1 N–H and O–H groups in total. The van der Waals surface area contributed by atoms with Crippen LogP contribution >= 0.6 is 0 Å². The Hall–Kier alpha value is -1.04. The SMILES string of the molecule is CCC(CC)n1ccc(C[C@@H](O)C(F)(F)F)n1. The van der Waals surface area contributed by atoms with Crippen molar-refractivity contribution in [3.8, 4) is 0 Å². The fraction of sp³-hybridized carbons (Fsp3) is 0.727. The van der Waals surface area contributed by atoms with Crippen molar-refractivity contribution >= 4 is 0 Å². The normalized spacial score (nSPS) is 14.3. The third-order valence-corrected chi connectivity index (χ3v) is 2.76. The average Bonchev–Trinajstić information content (AvgIpc) is 2.67. The van der Waals surface area contributed by atoms with Crippen LogP contribution in [0.2, 0.25) is 0 Å². The van der Waals surface area contributed by atoms with E-state index in [4.69, 9.17) is 5.11 Å². The number of hydrogen-bond acceptors (Lipinski definition) is 2. The molecule has 0 spiro atoms. The molecule has 0 aliphatic rings. The molecule has 0 radical (unpaired) electrons. The van der Waals surface area contributed by atoms with Crippen LogP contribution in [-0.2, 0) is 6.42 Å². The zero-order chi connectivity index (χ0) is 13.1. The van der Waals surface area contributed by atoms with Crippen molar-refractivity contribution in [2.24, 2.45) is 0 Å². The van der Waals surface area contributed by atoms with E-state index >= 15 is 0 Å². The highest BCUT2D eigenvalue weighted by Gasteiger charge is 2.38. The molecule has 0 unspecified atom stereocenters. The molecule has 0 amide bonds. The first-order chi connectivity index (χ1) is 7.88. The van der Waals surface area contributed by atoms with Crippen LogP contribution in [0.3, 0.4) is 0 Å². The van der Waals surface area contributed by atoms with Crippen molar-refractivity contribution in [3.63, 3.8) is 0 Å². The largest absolute Gasteiger partial charge is 0.414 e. The molecular weight excluding hydrogens is 233 g/mol. The van der Waals surface area contributed by atoms with Crippen molar-refractivity contribution in [2.45, 2.75) is 51.4 Å². The highest BCUT2D eigenvalue weighted by atomic mass is 19.4. The molecule has 0 aliphatic carbocycles. The minimum Gasteiger partial charge on any atom is -0.383 e. The summed E-state index contributed by atoms with van der Waals surface area (Å²) in [7, 11) is 0. The molecule has 3 nitrogen and oxygen atoms in total. The minimum absolute atomic E-state index is 0.201. The van der Waals surface area contributed by atoms with Gasteiger partial charge in [0.05, 0.1) is 11.7 Å². The lowest BCUT2D eigenvalue weighted by atomic mass is 10.2. The number of aliphatic hydroxyl groups excluding tert-OH is 1. The molecular formula is C11H17F3N2O. The van der Waals surface area contributed by atoms with E-state index in [2.05, 4.69) is 5.10 Å². The van der Waals surface area contributed by atoms with Gasteiger partial charge in [0, 0.05) is 12.6 Å². The maximum Gasteiger partial charge on any atom is 0.414 e. The van der Waals surface area contributed by atoms with Crippen LogP contribution in [0.1, 0.15) is 38.4 Å². The van der Waals surface area contributed by atoms with Crippen LogP contribution in [0.25, 0.3) is 0 Å². The second-order valence-corrected chi connectivity index (χ2v) is 4.02. The topological polar surface area (TPSA) is 38.0 Å². The molecule has 98 valence electrons. The number of aliphatic hydroxyl groups is 1. The smallest absolute Gasteiger partial charge is 0.383 e. The molecule has 0 saturated heterocycles. The highest BCUT2D eigenvalue weighted by Crippen LogP contribution is 2.23. The summed E-state index contributed by atoms with van der Waals surface area (Å²) in [6, 6.07) is 1.72. The Morgan fingerprint density at radius 2 is 1.94 bits per heavy atom. The Balaban J connectivity index is 2.69. The number of aromatic nitrogens is 2. The molecule has 1 aromatic rings. The maximum atomic E-state index is 12.1. The first-order valence-corrected chi connectivity index (χ1v) is 5.67. The molecule has 1 aromatic heterocycles. The maximum absolute atomic E-state index is 12.1. The van der Waals surface area contributed by atoms with E-state index in [1.807, 2.05) is 13.8 Å². The van der Waals surface area contributed by atoms with Gasteiger partial charge >= 0.3 is 6.18 Å². The van der Waals surface area contributed by atoms with E-state index in [0.29, 0.717) is 0 Å². The second-order valence-electron chi connectivity index (χ2n) is 4.02. The zero-order valence-corrected chi connectivity index (χ0v) is 9.91. The van der Waals surface area contributed by atoms with Gasteiger partial charge in [-0.1, -0.05) is 13.8 Å². The Bertz CT molecular complexity index is 345. The van der Waals surface area contributed by atoms with Crippen LogP contribution in [0, 0.1) is 0 Å². The summed E-state index contributed by atoms with van der Waals surface area (Å²) in [4.78, 5) is 0. The predicted molar refractivity (Wildman–Crippen MR) is 57.6 cm³/mol. The Kier molecular flexibility index (Phi) is 4.56. The molecule has 1 atom stereocenters. The van der Waals surface area contributed by atoms with Gasteiger partial charge in [0.25, 0.3) is 0 Å². The van der Waals surface area contributed by atoms with E-state index in [0.717, 1.165) is 12.8 Å². The third kappa shape index (κ3) is 3.73. The molecule has 0 fully saturated rings. The monoisotopic (exact) mass is 250 g/mol. The molecule has 0 aromatic carbocycles. The third-order valence-electron chi connectivity index (χ3n) is 2.76.